The van der Waals surface area contributed by atoms with Gasteiger partial charge in [-0.15, -0.1) is 10.2 Å². The van der Waals surface area contributed by atoms with E-state index in [1.807, 2.05) is 37.3 Å². The fourth-order valence-corrected chi connectivity index (χ4v) is 5.02. The molecule has 1 fully saturated rings. The molecule has 0 spiro atoms. The Morgan fingerprint density at radius 3 is 2.74 bits per heavy atom. The number of hydrogen-bond acceptors (Lipinski definition) is 8. The van der Waals surface area contributed by atoms with Crippen molar-refractivity contribution >= 4 is 23.6 Å². The number of anilines is 1. The number of morpholine rings is 1. The molecule has 5 rings (SSSR count). The molecule has 3 aromatic rings. The Morgan fingerprint density at radius 2 is 1.91 bits per heavy atom. The number of nitrogens with one attached hydrogen (secondary N) is 1. The van der Waals surface area contributed by atoms with E-state index >= 15 is 0 Å². The summed E-state index contributed by atoms with van der Waals surface area (Å²) < 4.78 is 18.4. The first-order valence-corrected chi connectivity index (χ1v) is 12.7. The van der Waals surface area contributed by atoms with Gasteiger partial charge in [0.05, 0.1) is 24.2 Å². The summed E-state index contributed by atoms with van der Waals surface area (Å²) in [4.78, 5) is 15.2. The van der Waals surface area contributed by atoms with Gasteiger partial charge in [-0.2, -0.15) is 0 Å². The molecule has 1 N–H and O–H groups in total. The maximum atomic E-state index is 13.0. The Balaban J connectivity index is 1.34. The highest BCUT2D eigenvalue weighted by atomic mass is 32.2. The normalized spacial score (nSPS) is 15.8. The molecular formula is C25H29N5O4S. The van der Waals surface area contributed by atoms with Gasteiger partial charge in [-0.05, 0) is 42.7 Å². The Labute approximate surface area is 208 Å². The number of carbonyl (C=O) groups excluding carboxylic acids is 1. The van der Waals surface area contributed by atoms with Crippen molar-refractivity contribution in [2.24, 2.45) is 0 Å². The van der Waals surface area contributed by atoms with Crippen molar-refractivity contribution in [3.05, 3.63) is 53.6 Å². The minimum absolute atomic E-state index is 0.0704. The zero-order chi connectivity index (χ0) is 24.2. The third kappa shape index (κ3) is 5.08. The predicted molar refractivity (Wildman–Crippen MR) is 133 cm³/mol. The van der Waals surface area contributed by atoms with E-state index in [2.05, 4.69) is 44.0 Å². The van der Waals surface area contributed by atoms with E-state index in [0.29, 0.717) is 30.7 Å². The number of hydrogen-bond donors (Lipinski definition) is 1. The molecular weight excluding hydrogens is 466 g/mol. The third-order valence-corrected chi connectivity index (χ3v) is 7.12. The van der Waals surface area contributed by atoms with Crippen molar-refractivity contribution < 1.29 is 19.0 Å². The van der Waals surface area contributed by atoms with E-state index < -0.39 is 0 Å². The molecule has 1 amide bonds. The van der Waals surface area contributed by atoms with Crippen molar-refractivity contribution in [2.75, 3.05) is 38.0 Å². The lowest BCUT2D eigenvalue weighted by Crippen LogP contribution is -2.38. The van der Waals surface area contributed by atoms with Crippen LogP contribution in [0.2, 0.25) is 0 Å². The number of para-hydroxylation sites is 1. The van der Waals surface area contributed by atoms with E-state index in [1.54, 1.807) is 0 Å². The highest BCUT2D eigenvalue weighted by Crippen LogP contribution is 2.33. The molecule has 9 nitrogen and oxygen atoms in total. The van der Waals surface area contributed by atoms with Crippen LogP contribution in [0.5, 0.6) is 11.5 Å². The van der Waals surface area contributed by atoms with E-state index in [-0.39, 0.29) is 18.0 Å². The van der Waals surface area contributed by atoms with E-state index in [9.17, 15) is 4.79 Å². The van der Waals surface area contributed by atoms with Crippen LogP contribution in [0.1, 0.15) is 25.0 Å². The van der Waals surface area contributed by atoms with Gasteiger partial charge in [-0.25, -0.2) is 0 Å². The van der Waals surface area contributed by atoms with Crippen LogP contribution in [0.3, 0.4) is 0 Å². The van der Waals surface area contributed by atoms with Crippen molar-refractivity contribution in [1.29, 1.82) is 0 Å². The van der Waals surface area contributed by atoms with Crippen LogP contribution in [-0.4, -0.2) is 59.0 Å². The highest BCUT2D eigenvalue weighted by Gasteiger charge is 2.26. The van der Waals surface area contributed by atoms with Crippen LogP contribution >= 0.6 is 11.8 Å². The van der Waals surface area contributed by atoms with Gasteiger partial charge in [0.25, 0.3) is 0 Å². The second-order valence-electron chi connectivity index (χ2n) is 8.37. The first-order valence-electron chi connectivity index (χ1n) is 11.8. The minimum Gasteiger partial charge on any atom is -0.454 e. The van der Waals surface area contributed by atoms with Crippen LogP contribution in [0.15, 0.2) is 47.6 Å². The van der Waals surface area contributed by atoms with Crippen molar-refractivity contribution in [1.82, 2.24) is 20.1 Å². The molecule has 2 aliphatic heterocycles. The van der Waals surface area contributed by atoms with Gasteiger partial charge in [0.2, 0.25) is 18.6 Å². The Bertz CT molecular complexity index is 1190. The fourth-order valence-electron chi connectivity index (χ4n) is 4.14. The SMILES string of the molecule is CCc1ccccc1-n1c(S[C@H](C)C(=O)NCc2ccc3c(c2)OCO3)nnc1N1CCOCC1. The van der Waals surface area contributed by atoms with Gasteiger partial charge >= 0.3 is 0 Å². The fraction of sp³-hybridized carbons (Fsp3) is 0.400. The summed E-state index contributed by atoms with van der Waals surface area (Å²) in [6.07, 6.45) is 0.882. The second-order valence-corrected chi connectivity index (χ2v) is 9.67. The minimum atomic E-state index is -0.363. The van der Waals surface area contributed by atoms with Gasteiger partial charge in [0, 0.05) is 19.6 Å². The lowest BCUT2D eigenvalue weighted by molar-refractivity contribution is -0.120. The molecule has 1 saturated heterocycles. The molecule has 2 aromatic carbocycles. The van der Waals surface area contributed by atoms with Gasteiger partial charge in [0.1, 0.15) is 0 Å². The van der Waals surface area contributed by atoms with Crippen molar-refractivity contribution in [3.63, 3.8) is 0 Å². The van der Waals surface area contributed by atoms with Gasteiger partial charge in [0.15, 0.2) is 16.7 Å². The molecule has 10 heteroatoms. The summed E-state index contributed by atoms with van der Waals surface area (Å²) in [6.45, 7) is 7.48. The quantitative estimate of drug-likeness (QED) is 0.477. The zero-order valence-electron chi connectivity index (χ0n) is 19.9. The van der Waals surface area contributed by atoms with Crippen LogP contribution in [0.4, 0.5) is 5.95 Å². The smallest absolute Gasteiger partial charge is 0.233 e. The van der Waals surface area contributed by atoms with E-state index in [4.69, 9.17) is 14.2 Å². The molecule has 0 unspecified atom stereocenters. The maximum absolute atomic E-state index is 13.0. The molecule has 0 saturated carbocycles. The summed E-state index contributed by atoms with van der Waals surface area (Å²) in [5.74, 6) is 2.15. The molecule has 1 aromatic heterocycles. The third-order valence-electron chi connectivity index (χ3n) is 6.08. The largest absolute Gasteiger partial charge is 0.454 e. The van der Waals surface area contributed by atoms with E-state index in [0.717, 1.165) is 42.5 Å². The molecule has 35 heavy (non-hydrogen) atoms. The van der Waals surface area contributed by atoms with Crippen molar-refractivity contribution in [2.45, 2.75) is 37.2 Å². The average Bonchev–Trinajstić information content (AvgIpc) is 3.54. The van der Waals surface area contributed by atoms with Crippen LogP contribution in [0, 0.1) is 0 Å². The standard InChI is InChI=1S/C25H29N5O4S/c1-3-19-6-4-5-7-20(19)30-24(29-10-12-32-13-11-29)27-28-25(30)35-17(2)23(31)26-15-18-8-9-21-22(14-18)34-16-33-21/h4-9,14,17H,3,10-13,15-16H2,1-2H3,(H,26,31)/t17-/m1/s1. The number of benzene rings is 2. The summed E-state index contributed by atoms with van der Waals surface area (Å²) >= 11 is 1.41. The Hall–Kier alpha value is -3.24. The van der Waals surface area contributed by atoms with E-state index in [1.165, 1.54) is 17.3 Å². The molecule has 0 aliphatic carbocycles. The number of carbonyl (C=O) groups is 1. The second kappa shape index (κ2) is 10.6. The number of thioether (sulfide) groups is 1. The average molecular weight is 496 g/mol. The maximum Gasteiger partial charge on any atom is 0.233 e. The summed E-state index contributed by atoms with van der Waals surface area (Å²) in [5.41, 5.74) is 3.19. The summed E-state index contributed by atoms with van der Waals surface area (Å²) in [6, 6.07) is 14.0. The molecule has 1 atom stereocenters. The van der Waals surface area contributed by atoms with Crippen LogP contribution in [0.25, 0.3) is 5.69 Å². The number of amides is 1. The van der Waals surface area contributed by atoms with Gasteiger partial charge in [-0.1, -0.05) is 43.0 Å². The monoisotopic (exact) mass is 495 g/mol. The number of ether oxygens (including phenoxy) is 3. The molecule has 0 bridgehead atoms. The number of rotatable bonds is 8. The summed E-state index contributed by atoms with van der Waals surface area (Å²) in [7, 11) is 0. The van der Waals surface area contributed by atoms with Crippen molar-refractivity contribution in [3.8, 4) is 17.2 Å². The lowest BCUT2D eigenvalue weighted by atomic mass is 10.1. The number of nitrogens with zero attached hydrogens (tertiary/aromatic N) is 4. The number of aryl methyl sites for hydroxylation is 1. The number of fused-ring (bicyclic) bond motifs is 1. The molecule has 184 valence electrons. The molecule has 2 aliphatic rings. The summed E-state index contributed by atoms with van der Waals surface area (Å²) in [5, 5.41) is 12.4. The number of aromatic nitrogens is 3. The Morgan fingerprint density at radius 1 is 1.11 bits per heavy atom. The Kier molecular flexibility index (Phi) is 7.10. The molecule has 0 radical (unpaired) electrons. The zero-order valence-corrected chi connectivity index (χ0v) is 20.7. The van der Waals surface area contributed by atoms with Gasteiger partial charge in [-0.3, -0.25) is 9.36 Å². The predicted octanol–water partition coefficient (Wildman–Crippen LogP) is 3.19. The first kappa shape index (κ1) is 23.5. The van der Waals surface area contributed by atoms with Gasteiger partial charge < -0.3 is 24.4 Å². The first-order chi connectivity index (χ1) is 17.1. The lowest BCUT2D eigenvalue weighted by Gasteiger charge is -2.28. The highest BCUT2D eigenvalue weighted by molar-refractivity contribution is 8.00. The topological polar surface area (TPSA) is 90.7 Å². The van der Waals surface area contributed by atoms with Crippen LogP contribution in [-0.2, 0) is 22.5 Å². The molecule has 3 heterocycles. The van der Waals surface area contributed by atoms with Crippen LogP contribution < -0.4 is 19.7 Å².